The molecule has 2 aromatic carbocycles. The van der Waals surface area contributed by atoms with Crippen LogP contribution in [0.4, 0.5) is 17.1 Å². The second kappa shape index (κ2) is 9.36. The van der Waals surface area contributed by atoms with E-state index in [0.717, 1.165) is 23.7 Å². The van der Waals surface area contributed by atoms with Crippen molar-refractivity contribution in [3.05, 3.63) is 63.7 Å². The van der Waals surface area contributed by atoms with Crippen molar-refractivity contribution in [1.82, 2.24) is 0 Å². The number of ether oxygens (including phenoxy) is 2. The summed E-state index contributed by atoms with van der Waals surface area (Å²) in [6, 6.07) is 11.6. The molecule has 0 bridgehead atoms. The third-order valence-corrected chi connectivity index (χ3v) is 4.84. The molecule has 0 radical (unpaired) electrons. The maximum Gasteiger partial charge on any atom is 0.339 e. The molecule has 1 heterocycles. The van der Waals surface area contributed by atoms with Gasteiger partial charge < -0.3 is 19.7 Å². The van der Waals surface area contributed by atoms with Crippen molar-refractivity contribution < 1.29 is 24.0 Å². The number of hydrogen-bond donors (Lipinski definition) is 1. The van der Waals surface area contributed by atoms with Crippen LogP contribution in [-0.4, -0.2) is 49.7 Å². The van der Waals surface area contributed by atoms with Gasteiger partial charge in [-0.3, -0.25) is 14.9 Å². The van der Waals surface area contributed by atoms with Gasteiger partial charge in [-0.2, -0.15) is 0 Å². The molecule has 0 spiro atoms. The van der Waals surface area contributed by atoms with Crippen LogP contribution in [0.15, 0.2) is 42.5 Å². The average Bonchev–Trinajstić information content (AvgIpc) is 3.17. The normalized spacial score (nSPS) is 13.5. The van der Waals surface area contributed by atoms with Gasteiger partial charge in [-0.1, -0.05) is 18.2 Å². The number of esters is 1. The number of nitro benzene ring substituents is 1. The van der Waals surface area contributed by atoms with Crippen LogP contribution < -0.4 is 10.2 Å². The van der Waals surface area contributed by atoms with E-state index in [-0.39, 0.29) is 22.8 Å². The molecule has 0 aromatic heterocycles. The van der Waals surface area contributed by atoms with Crippen LogP contribution in [0.3, 0.4) is 0 Å². The van der Waals surface area contributed by atoms with Gasteiger partial charge >= 0.3 is 5.97 Å². The summed E-state index contributed by atoms with van der Waals surface area (Å²) in [5, 5.41) is 14.3. The van der Waals surface area contributed by atoms with E-state index in [1.165, 1.54) is 26.2 Å². The van der Waals surface area contributed by atoms with Gasteiger partial charge in [-0.05, 0) is 37.1 Å². The fourth-order valence-electron chi connectivity index (χ4n) is 3.31. The predicted octanol–water partition coefficient (Wildman–Crippen LogP) is 2.79. The lowest BCUT2D eigenvalue weighted by atomic mass is 10.1. The number of hydrogen-bond acceptors (Lipinski definition) is 7. The highest BCUT2D eigenvalue weighted by molar-refractivity contribution is 6.00. The number of nitrogens with one attached hydrogen (secondary N) is 1. The first-order valence-electron chi connectivity index (χ1n) is 9.54. The van der Waals surface area contributed by atoms with Crippen LogP contribution in [0, 0.1) is 10.1 Å². The van der Waals surface area contributed by atoms with Crippen molar-refractivity contribution in [3.63, 3.8) is 0 Å². The molecule has 0 saturated carbocycles. The van der Waals surface area contributed by atoms with E-state index >= 15 is 0 Å². The van der Waals surface area contributed by atoms with Crippen LogP contribution in [0.1, 0.15) is 22.8 Å². The van der Waals surface area contributed by atoms with Crippen LogP contribution in [0.25, 0.3) is 0 Å². The number of nitro groups is 1. The van der Waals surface area contributed by atoms with Gasteiger partial charge in [-0.25, -0.2) is 4.79 Å². The number of methoxy groups -OCH3 is 1. The second-order valence-electron chi connectivity index (χ2n) is 6.82. The summed E-state index contributed by atoms with van der Waals surface area (Å²) in [4.78, 5) is 37.7. The zero-order chi connectivity index (χ0) is 21.7. The molecule has 9 nitrogen and oxygen atoms in total. The van der Waals surface area contributed by atoms with E-state index in [1.54, 1.807) is 4.90 Å². The van der Waals surface area contributed by atoms with E-state index in [2.05, 4.69) is 5.32 Å². The fourth-order valence-corrected chi connectivity index (χ4v) is 3.31. The highest BCUT2D eigenvalue weighted by atomic mass is 16.6. The van der Waals surface area contributed by atoms with Gasteiger partial charge in [-0.15, -0.1) is 0 Å². The molecule has 1 N–H and O–H groups in total. The molecule has 0 fully saturated rings. The van der Waals surface area contributed by atoms with E-state index in [4.69, 9.17) is 9.47 Å². The summed E-state index contributed by atoms with van der Waals surface area (Å²) < 4.78 is 10.2. The van der Waals surface area contributed by atoms with Crippen LogP contribution in [-0.2, 0) is 20.7 Å². The summed E-state index contributed by atoms with van der Waals surface area (Å²) in [7, 11) is 1.53. The molecule has 0 aliphatic carbocycles. The topological polar surface area (TPSA) is 111 Å². The summed E-state index contributed by atoms with van der Waals surface area (Å²) in [6.45, 7) is 2.77. The Morgan fingerprint density at radius 1 is 1.27 bits per heavy atom. The summed E-state index contributed by atoms with van der Waals surface area (Å²) in [5.41, 5.74) is 1.89. The smallest absolute Gasteiger partial charge is 0.339 e. The molecule has 9 heteroatoms. The van der Waals surface area contributed by atoms with Crippen LogP contribution >= 0.6 is 0 Å². The zero-order valence-electron chi connectivity index (χ0n) is 16.8. The standard InChI is InChI=1S/C21H23N3O6/c1-14(20(25)23-11-9-15-5-3-4-6-18(15)23)30-21(26)16-7-8-17(22-10-12-29-2)19(13-16)24(27)28/h3-8,13-14,22H,9-12H2,1-2H3/t14-/m1/s1. The molecule has 2 aromatic rings. The maximum atomic E-state index is 12.8. The molecule has 3 rings (SSSR count). The van der Waals surface area contributed by atoms with Gasteiger partial charge in [0.1, 0.15) is 5.69 Å². The van der Waals surface area contributed by atoms with Crippen molar-refractivity contribution >= 4 is 28.9 Å². The van der Waals surface area contributed by atoms with E-state index in [0.29, 0.717) is 19.7 Å². The Bertz CT molecular complexity index is 962. The van der Waals surface area contributed by atoms with Gasteiger partial charge in [0.05, 0.1) is 17.1 Å². The molecule has 1 aliphatic heterocycles. The van der Waals surface area contributed by atoms with Gasteiger partial charge in [0, 0.05) is 32.0 Å². The lowest BCUT2D eigenvalue weighted by molar-refractivity contribution is -0.384. The molecule has 0 saturated heterocycles. The lowest BCUT2D eigenvalue weighted by Gasteiger charge is -2.21. The van der Waals surface area contributed by atoms with Crippen LogP contribution in [0.5, 0.6) is 0 Å². The first-order valence-corrected chi connectivity index (χ1v) is 9.54. The monoisotopic (exact) mass is 413 g/mol. The van der Waals surface area contributed by atoms with E-state index < -0.39 is 17.0 Å². The molecule has 1 amide bonds. The minimum absolute atomic E-state index is 0.000429. The molecular formula is C21H23N3O6. The minimum atomic E-state index is -1.03. The minimum Gasteiger partial charge on any atom is -0.449 e. The van der Waals surface area contributed by atoms with Crippen LogP contribution in [0.2, 0.25) is 0 Å². The Hall–Kier alpha value is -3.46. The second-order valence-corrected chi connectivity index (χ2v) is 6.82. The highest BCUT2D eigenvalue weighted by Crippen LogP contribution is 2.29. The summed E-state index contributed by atoms with van der Waals surface area (Å²) in [6.07, 6.45) is -0.283. The SMILES string of the molecule is COCCNc1ccc(C(=O)O[C@H](C)C(=O)N2CCc3ccccc32)cc1[N+](=O)[O-]. The number of carbonyl (C=O) groups excluding carboxylic acids is 2. The van der Waals surface area contributed by atoms with Gasteiger partial charge in [0.15, 0.2) is 6.10 Å². The quantitative estimate of drug-likeness (QED) is 0.307. The molecule has 30 heavy (non-hydrogen) atoms. The Labute approximate surface area is 173 Å². The third-order valence-electron chi connectivity index (χ3n) is 4.84. The first-order chi connectivity index (χ1) is 14.4. The average molecular weight is 413 g/mol. The number of rotatable bonds is 8. The number of amides is 1. The van der Waals surface area contributed by atoms with Crippen molar-refractivity contribution in [3.8, 4) is 0 Å². The fraction of sp³-hybridized carbons (Fsp3) is 0.333. The number of anilines is 2. The third kappa shape index (κ3) is 4.57. The Morgan fingerprint density at radius 3 is 2.77 bits per heavy atom. The summed E-state index contributed by atoms with van der Waals surface area (Å²) >= 11 is 0. The number of benzene rings is 2. The molecular weight excluding hydrogens is 390 g/mol. The van der Waals surface area contributed by atoms with Crippen molar-refractivity contribution in [2.45, 2.75) is 19.4 Å². The number of fused-ring (bicyclic) bond motifs is 1. The number of para-hydroxylation sites is 1. The Balaban J connectivity index is 1.70. The molecule has 0 unspecified atom stereocenters. The first kappa shape index (κ1) is 21.3. The molecule has 158 valence electrons. The Kier molecular flexibility index (Phi) is 6.63. The van der Waals surface area contributed by atoms with Gasteiger partial charge in [0.2, 0.25) is 0 Å². The highest BCUT2D eigenvalue weighted by Gasteiger charge is 2.30. The largest absolute Gasteiger partial charge is 0.449 e. The zero-order valence-corrected chi connectivity index (χ0v) is 16.8. The maximum absolute atomic E-state index is 12.8. The van der Waals surface area contributed by atoms with Crippen molar-refractivity contribution in [2.24, 2.45) is 0 Å². The van der Waals surface area contributed by atoms with E-state index in [1.807, 2.05) is 24.3 Å². The summed E-state index contributed by atoms with van der Waals surface area (Å²) in [5.74, 6) is -1.13. The molecule has 1 atom stereocenters. The van der Waals surface area contributed by atoms with E-state index in [9.17, 15) is 19.7 Å². The lowest BCUT2D eigenvalue weighted by Crippen LogP contribution is -2.39. The predicted molar refractivity (Wildman–Crippen MR) is 111 cm³/mol. The van der Waals surface area contributed by atoms with Crippen molar-refractivity contribution in [1.29, 1.82) is 0 Å². The molecule has 1 aliphatic rings. The Morgan fingerprint density at radius 2 is 2.03 bits per heavy atom. The number of carbonyl (C=O) groups is 2. The van der Waals surface area contributed by atoms with Crippen molar-refractivity contribution in [2.75, 3.05) is 37.0 Å². The number of nitrogens with zero attached hydrogens (tertiary/aromatic N) is 2. The van der Waals surface area contributed by atoms with Gasteiger partial charge in [0.25, 0.3) is 11.6 Å².